The van der Waals surface area contributed by atoms with Crippen LogP contribution in [0.2, 0.25) is 0 Å². The minimum absolute atomic E-state index is 0.0738. The second-order valence-electron chi connectivity index (χ2n) is 2.95. The number of methoxy groups -OCH3 is 1. The third kappa shape index (κ3) is 2.67. The third-order valence-electron chi connectivity index (χ3n) is 1.97. The number of hydrogen-bond donors (Lipinski definition) is 0. The average Bonchev–Trinajstić information content (AvgIpc) is 2.27. The second-order valence-corrected chi connectivity index (χ2v) is 3.51. The normalized spacial score (nSPS) is 10.2. The lowest BCUT2D eigenvalue weighted by Gasteiger charge is -2.12. The molecule has 0 aromatic carbocycles. The first kappa shape index (κ1) is 12.8. The largest absolute Gasteiger partial charge is 0.496 e. The molecule has 16 heavy (non-hydrogen) atoms. The van der Waals surface area contributed by atoms with Crippen LogP contribution >= 0.6 is 15.9 Å². The van der Waals surface area contributed by atoms with Gasteiger partial charge in [0, 0.05) is 11.4 Å². The number of halogens is 3. The van der Waals surface area contributed by atoms with Gasteiger partial charge in [-0.25, -0.2) is 8.78 Å². The molecule has 0 radical (unpaired) electrons. The standard InChI is InChI=1S/C10H9BrF2N2O/c1-16-8-4-6(5-11)15-7(2-3-14)9(8)10(12)13/h4,10H,2,5H2,1H3. The Labute approximate surface area is 100 Å². The molecule has 1 aromatic rings. The van der Waals surface area contributed by atoms with Crippen LogP contribution in [0.4, 0.5) is 8.78 Å². The average molecular weight is 291 g/mol. The zero-order chi connectivity index (χ0) is 12.1. The minimum Gasteiger partial charge on any atom is -0.496 e. The fraction of sp³-hybridized carbons (Fsp3) is 0.400. The highest BCUT2D eigenvalue weighted by Crippen LogP contribution is 2.32. The van der Waals surface area contributed by atoms with Gasteiger partial charge < -0.3 is 4.74 Å². The molecule has 0 spiro atoms. The molecule has 1 heterocycles. The van der Waals surface area contributed by atoms with Crippen molar-refractivity contribution in [2.45, 2.75) is 18.2 Å². The van der Waals surface area contributed by atoms with E-state index in [1.54, 1.807) is 0 Å². The van der Waals surface area contributed by atoms with E-state index in [1.807, 2.05) is 6.07 Å². The van der Waals surface area contributed by atoms with Crippen molar-refractivity contribution in [1.29, 1.82) is 5.26 Å². The van der Waals surface area contributed by atoms with Gasteiger partial charge in [-0.2, -0.15) is 5.26 Å². The van der Waals surface area contributed by atoms with Gasteiger partial charge in [0.15, 0.2) is 0 Å². The smallest absolute Gasteiger partial charge is 0.269 e. The maximum absolute atomic E-state index is 12.8. The maximum Gasteiger partial charge on any atom is 0.269 e. The summed E-state index contributed by atoms with van der Waals surface area (Å²) in [6.45, 7) is 0. The molecule has 0 amide bonds. The van der Waals surface area contributed by atoms with Crippen molar-refractivity contribution < 1.29 is 13.5 Å². The van der Waals surface area contributed by atoms with Crippen LogP contribution in [-0.4, -0.2) is 12.1 Å². The van der Waals surface area contributed by atoms with Crippen LogP contribution in [0, 0.1) is 11.3 Å². The Bertz CT molecular complexity index is 418. The van der Waals surface area contributed by atoms with Crippen molar-refractivity contribution in [3.8, 4) is 11.8 Å². The molecule has 3 nitrogen and oxygen atoms in total. The number of ether oxygens (including phenoxy) is 1. The fourth-order valence-electron chi connectivity index (χ4n) is 1.32. The lowest BCUT2D eigenvalue weighted by atomic mass is 10.1. The predicted molar refractivity (Wildman–Crippen MR) is 57.7 cm³/mol. The summed E-state index contributed by atoms with van der Waals surface area (Å²) in [5.41, 5.74) is 0.339. The van der Waals surface area contributed by atoms with Crippen LogP contribution in [-0.2, 0) is 11.8 Å². The van der Waals surface area contributed by atoms with Gasteiger partial charge in [0.2, 0.25) is 0 Å². The molecule has 0 aliphatic rings. The van der Waals surface area contributed by atoms with Gasteiger partial charge in [-0.3, -0.25) is 4.98 Å². The van der Waals surface area contributed by atoms with Gasteiger partial charge >= 0.3 is 0 Å². The molecule has 0 saturated carbocycles. The molecule has 0 atom stereocenters. The van der Waals surface area contributed by atoms with Gasteiger partial charge in [-0.05, 0) is 0 Å². The Balaban J connectivity index is 3.36. The molecule has 0 N–H and O–H groups in total. The van der Waals surface area contributed by atoms with Crippen LogP contribution in [0.3, 0.4) is 0 Å². The molecule has 0 bridgehead atoms. The number of rotatable bonds is 4. The fourth-order valence-corrected chi connectivity index (χ4v) is 1.60. The number of hydrogen-bond acceptors (Lipinski definition) is 3. The Morgan fingerprint density at radius 2 is 2.31 bits per heavy atom. The van der Waals surface area contributed by atoms with E-state index in [2.05, 4.69) is 20.9 Å². The first-order chi connectivity index (χ1) is 7.63. The molecule has 0 aliphatic carbocycles. The monoisotopic (exact) mass is 290 g/mol. The highest BCUT2D eigenvalue weighted by atomic mass is 79.9. The molecule has 1 rings (SSSR count). The maximum atomic E-state index is 12.8. The molecule has 0 unspecified atom stereocenters. The highest BCUT2D eigenvalue weighted by Gasteiger charge is 2.21. The lowest BCUT2D eigenvalue weighted by molar-refractivity contribution is 0.145. The molecule has 0 aliphatic heterocycles. The van der Waals surface area contributed by atoms with Crippen molar-refractivity contribution in [3.63, 3.8) is 0 Å². The summed E-state index contributed by atoms with van der Waals surface area (Å²) >= 11 is 3.18. The first-order valence-electron chi connectivity index (χ1n) is 4.41. The van der Waals surface area contributed by atoms with E-state index in [0.717, 1.165) is 0 Å². The lowest BCUT2D eigenvalue weighted by Crippen LogP contribution is -2.04. The topological polar surface area (TPSA) is 45.9 Å². The quantitative estimate of drug-likeness (QED) is 0.801. The van der Waals surface area contributed by atoms with E-state index in [-0.39, 0.29) is 23.4 Å². The van der Waals surface area contributed by atoms with E-state index < -0.39 is 6.43 Å². The summed E-state index contributed by atoms with van der Waals surface area (Å²) in [6, 6.07) is 3.26. The van der Waals surface area contributed by atoms with Crippen molar-refractivity contribution in [2.24, 2.45) is 0 Å². The second kappa shape index (κ2) is 5.75. The molecule has 1 aromatic heterocycles. The van der Waals surface area contributed by atoms with E-state index in [1.165, 1.54) is 13.2 Å². The summed E-state index contributed by atoms with van der Waals surface area (Å²) in [5, 5.41) is 8.99. The van der Waals surface area contributed by atoms with Gasteiger partial charge in [-0.15, -0.1) is 0 Å². The van der Waals surface area contributed by atoms with Crippen LogP contribution in [0.15, 0.2) is 6.07 Å². The Morgan fingerprint density at radius 1 is 1.62 bits per heavy atom. The van der Waals surface area contributed by atoms with E-state index >= 15 is 0 Å². The number of aromatic nitrogens is 1. The van der Waals surface area contributed by atoms with Crippen molar-refractivity contribution in [1.82, 2.24) is 4.98 Å². The zero-order valence-electron chi connectivity index (χ0n) is 8.51. The summed E-state index contributed by atoms with van der Waals surface area (Å²) < 4.78 is 30.5. The van der Waals surface area contributed by atoms with Crippen LogP contribution in [0.1, 0.15) is 23.4 Å². The van der Waals surface area contributed by atoms with E-state index in [9.17, 15) is 8.78 Å². The SMILES string of the molecule is COc1cc(CBr)nc(CC#N)c1C(F)F. The number of nitrogens with zero attached hydrogens (tertiary/aromatic N) is 2. The number of pyridine rings is 1. The third-order valence-corrected chi connectivity index (χ3v) is 2.55. The molecule has 0 saturated heterocycles. The van der Waals surface area contributed by atoms with Gasteiger partial charge in [0.25, 0.3) is 6.43 Å². The molecule has 0 fully saturated rings. The van der Waals surface area contributed by atoms with Gasteiger partial charge in [0.1, 0.15) is 5.75 Å². The molecular weight excluding hydrogens is 282 g/mol. The predicted octanol–water partition coefficient (Wildman–Crippen LogP) is 2.99. The van der Waals surface area contributed by atoms with E-state index in [0.29, 0.717) is 11.0 Å². The number of alkyl halides is 3. The van der Waals surface area contributed by atoms with E-state index in [4.69, 9.17) is 10.00 Å². The van der Waals surface area contributed by atoms with Crippen molar-refractivity contribution in [3.05, 3.63) is 23.0 Å². The molecular formula is C10H9BrF2N2O. The summed E-state index contributed by atoms with van der Waals surface area (Å²) in [6.07, 6.45) is -2.85. The Hall–Kier alpha value is -1.22. The molecule has 86 valence electrons. The van der Waals surface area contributed by atoms with Crippen LogP contribution in [0.5, 0.6) is 5.75 Å². The zero-order valence-corrected chi connectivity index (χ0v) is 10.1. The Kier molecular flexibility index (Phi) is 4.62. The summed E-state index contributed by atoms with van der Waals surface area (Å²) in [4.78, 5) is 3.98. The molecule has 6 heteroatoms. The number of nitriles is 1. The Morgan fingerprint density at radius 3 is 2.75 bits per heavy atom. The minimum atomic E-state index is -2.70. The van der Waals surface area contributed by atoms with Gasteiger partial charge in [0.05, 0.1) is 36.6 Å². The summed E-state index contributed by atoms with van der Waals surface area (Å²) in [7, 11) is 1.31. The van der Waals surface area contributed by atoms with Crippen molar-refractivity contribution >= 4 is 15.9 Å². The first-order valence-corrected chi connectivity index (χ1v) is 5.54. The van der Waals surface area contributed by atoms with Crippen LogP contribution < -0.4 is 4.74 Å². The van der Waals surface area contributed by atoms with Gasteiger partial charge in [-0.1, -0.05) is 15.9 Å². The van der Waals surface area contributed by atoms with Crippen molar-refractivity contribution in [2.75, 3.05) is 7.11 Å². The highest BCUT2D eigenvalue weighted by molar-refractivity contribution is 9.08. The van der Waals surface area contributed by atoms with Crippen LogP contribution in [0.25, 0.3) is 0 Å². The summed E-state index contributed by atoms with van der Waals surface area (Å²) in [5.74, 6) is 0.0738.